The number of rotatable bonds is 7. The van der Waals surface area contributed by atoms with E-state index in [-0.39, 0.29) is 11.8 Å². The van der Waals surface area contributed by atoms with Crippen LogP contribution < -0.4 is 15.3 Å². The summed E-state index contributed by atoms with van der Waals surface area (Å²) < 4.78 is 7.40. The SMILES string of the molecule is C=CC(=O)N1CCN(c2nc(=O)n(-c3c(C)ccnc3C(C)C)c3nc(-c4ccccc4OC)c(C4CC4)cc23)CC1. The summed E-state index contributed by atoms with van der Waals surface area (Å²) in [6, 6.07) is 12.0. The topological polar surface area (TPSA) is 93.5 Å². The summed E-state index contributed by atoms with van der Waals surface area (Å²) in [6.07, 6.45) is 5.29. The smallest absolute Gasteiger partial charge is 0.355 e. The van der Waals surface area contributed by atoms with E-state index in [9.17, 15) is 9.59 Å². The lowest BCUT2D eigenvalue weighted by molar-refractivity contribution is -0.126. The van der Waals surface area contributed by atoms with Crippen LogP contribution in [-0.2, 0) is 4.79 Å². The fourth-order valence-electron chi connectivity index (χ4n) is 5.90. The molecule has 2 fully saturated rings. The summed E-state index contributed by atoms with van der Waals surface area (Å²) in [5, 5.41) is 0.816. The second-order valence-corrected chi connectivity index (χ2v) is 11.4. The van der Waals surface area contributed by atoms with Crippen molar-refractivity contribution in [3.8, 4) is 22.7 Å². The Balaban J connectivity index is 1.65. The predicted molar refractivity (Wildman–Crippen MR) is 165 cm³/mol. The van der Waals surface area contributed by atoms with Crippen LogP contribution in [0.2, 0.25) is 0 Å². The third-order valence-electron chi connectivity index (χ3n) is 8.25. The highest BCUT2D eigenvalue weighted by atomic mass is 16.5. The fourth-order valence-corrected chi connectivity index (χ4v) is 5.90. The molecule has 1 saturated carbocycles. The van der Waals surface area contributed by atoms with Crippen molar-refractivity contribution in [2.24, 2.45) is 0 Å². The van der Waals surface area contributed by atoms with Crippen molar-refractivity contribution in [1.29, 1.82) is 0 Å². The van der Waals surface area contributed by atoms with E-state index in [0.717, 1.165) is 57.7 Å². The van der Waals surface area contributed by atoms with Crippen LogP contribution in [0, 0.1) is 6.92 Å². The number of anilines is 1. The van der Waals surface area contributed by atoms with Crippen molar-refractivity contribution in [3.63, 3.8) is 0 Å². The molecule has 1 aliphatic heterocycles. The van der Waals surface area contributed by atoms with Gasteiger partial charge in [-0.25, -0.2) is 14.3 Å². The first-order valence-corrected chi connectivity index (χ1v) is 14.6. The molecule has 42 heavy (non-hydrogen) atoms. The van der Waals surface area contributed by atoms with Crippen LogP contribution in [0.1, 0.15) is 55.3 Å². The van der Waals surface area contributed by atoms with Crippen LogP contribution in [0.15, 0.2) is 60.0 Å². The largest absolute Gasteiger partial charge is 0.496 e. The molecular formula is C33H36N6O3. The summed E-state index contributed by atoms with van der Waals surface area (Å²) in [6.45, 7) is 11.9. The van der Waals surface area contributed by atoms with Crippen molar-refractivity contribution in [2.45, 2.75) is 45.4 Å². The van der Waals surface area contributed by atoms with Crippen LogP contribution in [-0.4, -0.2) is 63.6 Å². The van der Waals surface area contributed by atoms with Gasteiger partial charge in [0.25, 0.3) is 0 Å². The zero-order valence-electron chi connectivity index (χ0n) is 24.6. The number of ether oxygens (including phenoxy) is 1. The summed E-state index contributed by atoms with van der Waals surface area (Å²) in [4.78, 5) is 44.9. The van der Waals surface area contributed by atoms with Crippen molar-refractivity contribution in [1.82, 2.24) is 24.4 Å². The third-order valence-corrected chi connectivity index (χ3v) is 8.25. The number of carbonyl (C=O) groups is 1. The minimum Gasteiger partial charge on any atom is -0.496 e. The van der Waals surface area contributed by atoms with Crippen molar-refractivity contribution < 1.29 is 9.53 Å². The minimum atomic E-state index is -0.405. The first-order chi connectivity index (χ1) is 20.3. The zero-order chi connectivity index (χ0) is 29.5. The molecule has 3 aromatic heterocycles. The molecule has 1 aliphatic carbocycles. The van der Waals surface area contributed by atoms with Crippen molar-refractivity contribution >= 4 is 22.8 Å². The molecule has 2 aliphatic rings. The molecule has 6 rings (SSSR count). The quantitative estimate of drug-likeness (QED) is 0.292. The molecule has 0 radical (unpaired) electrons. The molecule has 0 unspecified atom stereocenters. The maximum atomic E-state index is 14.1. The number of fused-ring (bicyclic) bond motifs is 1. The van der Waals surface area contributed by atoms with Gasteiger partial charge in [0.15, 0.2) is 5.65 Å². The summed E-state index contributed by atoms with van der Waals surface area (Å²) in [5.74, 6) is 1.71. The van der Waals surface area contributed by atoms with E-state index >= 15 is 0 Å². The highest BCUT2D eigenvalue weighted by Crippen LogP contribution is 2.47. The Morgan fingerprint density at radius 2 is 1.83 bits per heavy atom. The summed E-state index contributed by atoms with van der Waals surface area (Å²) in [7, 11) is 1.67. The number of carbonyl (C=O) groups excluding carboxylic acids is 1. The van der Waals surface area contributed by atoms with Crippen LogP contribution >= 0.6 is 0 Å². The first kappa shape index (κ1) is 27.6. The molecule has 0 bridgehead atoms. The van der Waals surface area contributed by atoms with E-state index in [1.807, 2.05) is 37.3 Å². The molecule has 0 atom stereocenters. The molecule has 9 heteroatoms. The Kier molecular flexibility index (Phi) is 7.26. The van der Waals surface area contributed by atoms with Gasteiger partial charge in [-0.15, -0.1) is 0 Å². The number of pyridine rings is 2. The van der Waals surface area contributed by atoms with Gasteiger partial charge in [0.1, 0.15) is 11.6 Å². The van der Waals surface area contributed by atoms with Gasteiger partial charge in [-0.05, 0) is 73.1 Å². The fraction of sp³-hybridized carbons (Fsp3) is 0.364. The van der Waals surface area contributed by atoms with Gasteiger partial charge < -0.3 is 14.5 Å². The van der Waals surface area contributed by atoms with Gasteiger partial charge in [0.05, 0.1) is 29.6 Å². The Bertz CT molecular complexity index is 1750. The van der Waals surface area contributed by atoms with E-state index in [4.69, 9.17) is 14.7 Å². The molecule has 216 valence electrons. The van der Waals surface area contributed by atoms with Gasteiger partial charge in [-0.3, -0.25) is 9.78 Å². The van der Waals surface area contributed by atoms with Crippen LogP contribution in [0.5, 0.6) is 5.75 Å². The summed E-state index contributed by atoms with van der Waals surface area (Å²) in [5.41, 5.74) is 5.45. The maximum absolute atomic E-state index is 14.1. The average molecular weight is 565 g/mol. The number of para-hydroxylation sites is 1. The van der Waals surface area contributed by atoms with E-state index < -0.39 is 5.69 Å². The van der Waals surface area contributed by atoms with E-state index in [0.29, 0.717) is 43.6 Å². The van der Waals surface area contributed by atoms with Crippen LogP contribution in [0.3, 0.4) is 0 Å². The summed E-state index contributed by atoms with van der Waals surface area (Å²) >= 11 is 0. The van der Waals surface area contributed by atoms with Gasteiger partial charge in [0.2, 0.25) is 5.91 Å². The van der Waals surface area contributed by atoms with E-state index in [2.05, 4.69) is 36.4 Å². The van der Waals surface area contributed by atoms with Gasteiger partial charge in [-0.1, -0.05) is 32.6 Å². The minimum absolute atomic E-state index is 0.0800. The average Bonchev–Trinajstić information content (AvgIpc) is 3.86. The van der Waals surface area contributed by atoms with Crippen LogP contribution in [0.25, 0.3) is 28.0 Å². The number of amides is 1. The Hall–Kier alpha value is -4.53. The number of nitrogens with zero attached hydrogens (tertiary/aromatic N) is 6. The highest BCUT2D eigenvalue weighted by molar-refractivity contribution is 5.92. The number of hydrogen-bond acceptors (Lipinski definition) is 7. The molecule has 0 spiro atoms. The number of benzene rings is 1. The zero-order valence-corrected chi connectivity index (χ0v) is 24.6. The molecule has 1 saturated heterocycles. The van der Waals surface area contributed by atoms with E-state index in [1.165, 1.54) is 6.08 Å². The third kappa shape index (κ3) is 4.82. The Morgan fingerprint density at radius 1 is 1.10 bits per heavy atom. The normalized spacial score (nSPS) is 15.4. The Morgan fingerprint density at radius 3 is 2.50 bits per heavy atom. The molecule has 1 amide bonds. The second kappa shape index (κ2) is 11.0. The first-order valence-electron chi connectivity index (χ1n) is 14.6. The molecular weight excluding hydrogens is 528 g/mol. The number of aromatic nitrogens is 4. The van der Waals surface area contributed by atoms with Crippen molar-refractivity contribution in [2.75, 3.05) is 38.2 Å². The number of piperazine rings is 1. The predicted octanol–water partition coefficient (Wildman–Crippen LogP) is 5.00. The molecule has 9 nitrogen and oxygen atoms in total. The van der Waals surface area contributed by atoms with Crippen molar-refractivity contribution in [3.05, 3.63) is 82.6 Å². The number of methoxy groups -OCH3 is 1. The lowest BCUT2D eigenvalue weighted by atomic mass is 9.99. The van der Waals surface area contributed by atoms with Gasteiger partial charge >= 0.3 is 5.69 Å². The molecule has 0 N–H and O–H groups in total. The van der Waals surface area contributed by atoms with E-state index in [1.54, 1.807) is 22.8 Å². The van der Waals surface area contributed by atoms with Gasteiger partial charge in [0, 0.05) is 37.9 Å². The highest BCUT2D eigenvalue weighted by Gasteiger charge is 2.32. The van der Waals surface area contributed by atoms with Gasteiger partial charge in [-0.2, -0.15) is 4.98 Å². The molecule has 4 heterocycles. The number of aryl methyl sites for hydroxylation is 1. The Labute approximate surface area is 245 Å². The number of hydrogen-bond donors (Lipinski definition) is 0. The second-order valence-electron chi connectivity index (χ2n) is 11.4. The monoisotopic (exact) mass is 564 g/mol. The molecule has 4 aromatic rings. The lowest BCUT2D eigenvalue weighted by Gasteiger charge is -2.35. The standard InChI is InChI=1S/C33H36N6O3/c1-6-27(40)37-15-17-38(18-16-37)31-25-19-24(22-11-12-22)29(23-9-7-8-10-26(23)42-5)35-32(25)39(33(41)36-31)30-21(4)13-14-34-28(30)20(2)3/h6-10,13-14,19-20,22H,1,11-12,15-18H2,2-5H3. The van der Waals surface area contributed by atoms with Crippen LogP contribution in [0.4, 0.5) is 5.82 Å². The lowest BCUT2D eigenvalue weighted by Crippen LogP contribution is -2.49. The maximum Gasteiger partial charge on any atom is 0.355 e. The molecule has 1 aromatic carbocycles.